The molecule has 1 unspecified atom stereocenters. The Labute approximate surface area is 110 Å². The average Bonchev–Trinajstić information content (AvgIpc) is 3.09. The van der Waals surface area contributed by atoms with E-state index in [2.05, 4.69) is 10.3 Å². The van der Waals surface area contributed by atoms with E-state index in [9.17, 15) is 9.90 Å². The smallest absolute Gasteiger partial charge is 0.325 e. The second-order valence-corrected chi connectivity index (χ2v) is 5.64. The molecule has 1 atom stereocenters. The lowest BCUT2D eigenvalue weighted by atomic mass is 9.96. The van der Waals surface area contributed by atoms with Crippen LogP contribution in [0.25, 0.3) is 0 Å². The molecule has 1 fully saturated rings. The highest BCUT2D eigenvalue weighted by Gasteiger charge is 2.50. The molecule has 2 N–H and O–H groups in total. The van der Waals surface area contributed by atoms with Crippen molar-refractivity contribution >= 4 is 17.7 Å². The molecular formula is C12H18N2O3S. The number of nitrogens with one attached hydrogen (secondary N) is 1. The molecule has 1 saturated carbocycles. The molecule has 100 valence electrons. The Kier molecular flexibility index (Phi) is 3.68. The summed E-state index contributed by atoms with van der Waals surface area (Å²) in [5.41, 5.74) is -0.00433. The number of likely N-dealkylation sites (N-methyl/N-ethyl adjacent to an activating group) is 1. The van der Waals surface area contributed by atoms with Crippen molar-refractivity contribution < 1.29 is 14.3 Å². The zero-order valence-corrected chi connectivity index (χ0v) is 11.6. The van der Waals surface area contributed by atoms with Crippen molar-refractivity contribution in [2.24, 2.45) is 5.92 Å². The van der Waals surface area contributed by atoms with Gasteiger partial charge in [-0.05, 0) is 39.7 Å². The molecule has 0 radical (unpaired) electrons. The Morgan fingerprint density at radius 3 is 2.67 bits per heavy atom. The standard InChI is InChI=1S/C12H18N2O3S/c1-7-8(2)17-11(14-7)18-6-12(13-3,10(15)16)9-4-5-9/h9,13H,4-6H2,1-3H3,(H,15,16). The molecule has 1 aromatic heterocycles. The van der Waals surface area contributed by atoms with Gasteiger partial charge in [0.25, 0.3) is 5.22 Å². The van der Waals surface area contributed by atoms with Crippen LogP contribution in [-0.4, -0.2) is 34.4 Å². The summed E-state index contributed by atoms with van der Waals surface area (Å²) in [5.74, 6) is 0.641. The lowest BCUT2D eigenvalue weighted by Crippen LogP contribution is -2.54. The predicted octanol–water partition coefficient (Wildman–Crippen LogP) is 1.84. The van der Waals surface area contributed by atoms with Crippen LogP contribution in [0.2, 0.25) is 0 Å². The summed E-state index contributed by atoms with van der Waals surface area (Å²) in [6.45, 7) is 3.74. The van der Waals surface area contributed by atoms with Crippen molar-refractivity contribution in [2.75, 3.05) is 12.8 Å². The Bertz CT molecular complexity index is 437. The Morgan fingerprint density at radius 2 is 2.28 bits per heavy atom. The summed E-state index contributed by atoms with van der Waals surface area (Å²) < 4.78 is 5.47. The third kappa shape index (κ3) is 2.40. The van der Waals surface area contributed by atoms with E-state index in [0.29, 0.717) is 11.0 Å². The van der Waals surface area contributed by atoms with Gasteiger partial charge in [0, 0.05) is 5.75 Å². The fourth-order valence-corrected chi connectivity index (χ4v) is 3.23. The van der Waals surface area contributed by atoms with Crippen LogP contribution in [0.1, 0.15) is 24.3 Å². The summed E-state index contributed by atoms with van der Waals surface area (Å²) in [6, 6.07) is 0. The number of aromatic nitrogens is 1. The van der Waals surface area contributed by atoms with Crippen LogP contribution in [0.15, 0.2) is 9.64 Å². The molecule has 0 bridgehead atoms. The third-order valence-electron chi connectivity index (χ3n) is 3.53. The van der Waals surface area contributed by atoms with Gasteiger partial charge in [0.1, 0.15) is 11.3 Å². The van der Waals surface area contributed by atoms with Gasteiger partial charge in [0.2, 0.25) is 0 Å². The van der Waals surface area contributed by atoms with Gasteiger partial charge >= 0.3 is 5.97 Å². The van der Waals surface area contributed by atoms with Crippen LogP contribution in [0, 0.1) is 19.8 Å². The molecule has 1 aliphatic carbocycles. The van der Waals surface area contributed by atoms with E-state index in [-0.39, 0.29) is 5.92 Å². The van der Waals surface area contributed by atoms with Gasteiger partial charge in [0.05, 0.1) is 5.69 Å². The number of carboxylic acid groups (broad SMARTS) is 1. The predicted molar refractivity (Wildman–Crippen MR) is 68.9 cm³/mol. The summed E-state index contributed by atoms with van der Waals surface area (Å²) in [7, 11) is 1.71. The lowest BCUT2D eigenvalue weighted by molar-refractivity contribution is -0.144. The van der Waals surface area contributed by atoms with Crippen LogP contribution in [0.5, 0.6) is 0 Å². The number of oxazole rings is 1. The van der Waals surface area contributed by atoms with E-state index < -0.39 is 11.5 Å². The van der Waals surface area contributed by atoms with E-state index in [1.54, 1.807) is 7.05 Å². The van der Waals surface area contributed by atoms with Gasteiger partial charge in [-0.1, -0.05) is 11.8 Å². The first-order valence-corrected chi connectivity index (χ1v) is 6.97. The third-order valence-corrected chi connectivity index (χ3v) is 4.56. The van der Waals surface area contributed by atoms with Gasteiger partial charge in [-0.25, -0.2) is 4.98 Å². The molecule has 2 rings (SSSR count). The molecule has 0 amide bonds. The maximum Gasteiger partial charge on any atom is 0.325 e. The molecule has 18 heavy (non-hydrogen) atoms. The second kappa shape index (κ2) is 4.93. The van der Waals surface area contributed by atoms with E-state index in [4.69, 9.17) is 4.42 Å². The molecule has 0 spiro atoms. The summed E-state index contributed by atoms with van der Waals surface area (Å²) in [4.78, 5) is 15.8. The fraction of sp³-hybridized carbons (Fsp3) is 0.667. The minimum absolute atomic E-state index is 0.213. The minimum Gasteiger partial charge on any atom is -0.480 e. The number of hydrogen-bond donors (Lipinski definition) is 2. The van der Waals surface area contributed by atoms with E-state index in [1.807, 2.05) is 13.8 Å². The second-order valence-electron chi connectivity index (χ2n) is 4.71. The SMILES string of the molecule is CNC(CSc1nc(C)c(C)o1)(C(=O)O)C1CC1. The monoisotopic (exact) mass is 270 g/mol. The van der Waals surface area contributed by atoms with Crippen molar-refractivity contribution in [2.45, 2.75) is 37.5 Å². The van der Waals surface area contributed by atoms with Crippen molar-refractivity contribution in [3.8, 4) is 0 Å². The van der Waals surface area contributed by atoms with Gasteiger partial charge in [-0.2, -0.15) is 0 Å². The molecule has 5 nitrogen and oxygen atoms in total. The highest BCUT2D eigenvalue weighted by molar-refractivity contribution is 7.99. The Hall–Kier alpha value is -1.01. The van der Waals surface area contributed by atoms with Crippen LogP contribution >= 0.6 is 11.8 Å². The summed E-state index contributed by atoms with van der Waals surface area (Å²) in [6.07, 6.45) is 1.94. The first-order chi connectivity index (χ1) is 8.49. The quantitative estimate of drug-likeness (QED) is 0.768. The van der Waals surface area contributed by atoms with Crippen molar-refractivity contribution in [1.82, 2.24) is 10.3 Å². The number of aryl methyl sites for hydroxylation is 2. The molecule has 1 aromatic rings. The number of hydrogen-bond acceptors (Lipinski definition) is 5. The minimum atomic E-state index is -0.860. The first kappa shape index (κ1) is 13.4. The highest BCUT2D eigenvalue weighted by atomic mass is 32.2. The van der Waals surface area contributed by atoms with Gasteiger partial charge < -0.3 is 14.8 Å². The van der Waals surface area contributed by atoms with Crippen LogP contribution in [-0.2, 0) is 4.79 Å². The Morgan fingerprint density at radius 1 is 1.61 bits per heavy atom. The average molecular weight is 270 g/mol. The first-order valence-electron chi connectivity index (χ1n) is 5.98. The number of thioether (sulfide) groups is 1. The van der Waals surface area contributed by atoms with E-state index in [1.165, 1.54) is 11.8 Å². The van der Waals surface area contributed by atoms with Crippen LogP contribution < -0.4 is 5.32 Å². The normalized spacial score (nSPS) is 18.6. The molecule has 6 heteroatoms. The van der Waals surface area contributed by atoms with Crippen molar-refractivity contribution in [3.05, 3.63) is 11.5 Å². The van der Waals surface area contributed by atoms with Gasteiger partial charge in [-0.15, -0.1) is 0 Å². The summed E-state index contributed by atoms with van der Waals surface area (Å²) in [5, 5.41) is 13.0. The zero-order chi connectivity index (χ0) is 13.3. The topological polar surface area (TPSA) is 75.4 Å². The fourth-order valence-electron chi connectivity index (χ4n) is 1.99. The largest absolute Gasteiger partial charge is 0.480 e. The van der Waals surface area contributed by atoms with E-state index >= 15 is 0 Å². The Balaban J connectivity index is 2.08. The van der Waals surface area contributed by atoms with Crippen LogP contribution in [0.3, 0.4) is 0 Å². The molecule has 1 heterocycles. The van der Waals surface area contributed by atoms with Crippen molar-refractivity contribution in [1.29, 1.82) is 0 Å². The molecule has 0 saturated heterocycles. The van der Waals surface area contributed by atoms with Gasteiger partial charge in [0.15, 0.2) is 0 Å². The van der Waals surface area contributed by atoms with Crippen LogP contribution in [0.4, 0.5) is 0 Å². The molecular weight excluding hydrogens is 252 g/mol. The molecule has 0 aromatic carbocycles. The maximum absolute atomic E-state index is 11.5. The van der Waals surface area contributed by atoms with Crippen molar-refractivity contribution in [3.63, 3.8) is 0 Å². The number of nitrogens with zero attached hydrogens (tertiary/aromatic N) is 1. The zero-order valence-electron chi connectivity index (χ0n) is 10.8. The highest BCUT2D eigenvalue weighted by Crippen LogP contribution is 2.42. The summed E-state index contributed by atoms with van der Waals surface area (Å²) >= 11 is 1.36. The number of aliphatic carboxylic acids is 1. The lowest BCUT2D eigenvalue weighted by Gasteiger charge is -2.28. The van der Waals surface area contributed by atoms with E-state index in [0.717, 1.165) is 24.3 Å². The number of carbonyl (C=O) groups is 1. The molecule has 1 aliphatic rings. The van der Waals surface area contributed by atoms with Gasteiger partial charge in [-0.3, -0.25) is 4.79 Å². The molecule has 0 aliphatic heterocycles. The number of rotatable bonds is 6. The number of carboxylic acids is 1. The maximum atomic E-state index is 11.5.